The van der Waals surface area contributed by atoms with Crippen molar-refractivity contribution in [2.75, 3.05) is 32.7 Å². The van der Waals surface area contributed by atoms with Gasteiger partial charge in [0.15, 0.2) is 0 Å². The fraction of sp³-hybridized carbons (Fsp3) is 0.474. The maximum absolute atomic E-state index is 12.7. The van der Waals surface area contributed by atoms with Crippen LogP contribution < -0.4 is 0 Å². The Labute approximate surface area is 167 Å². The Morgan fingerprint density at radius 2 is 2.11 bits per heavy atom. The highest BCUT2D eigenvalue weighted by Gasteiger charge is 2.24. The molecule has 4 rings (SSSR count). The molecule has 1 aliphatic heterocycles. The van der Waals surface area contributed by atoms with E-state index >= 15 is 0 Å². The van der Waals surface area contributed by atoms with E-state index in [1.54, 1.807) is 16.0 Å². The van der Waals surface area contributed by atoms with E-state index in [9.17, 15) is 4.79 Å². The lowest BCUT2D eigenvalue weighted by atomic mass is 10.2. The first-order valence-corrected chi connectivity index (χ1v) is 10.4. The summed E-state index contributed by atoms with van der Waals surface area (Å²) >= 11 is 1.61. The Morgan fingerprint density at radius 3 is 2.79 bits per heavy atom. The van der Waals surface area contributed by atoms with Crippen molar-refractivity contribution in [3.8, 4) is 10.7 Å². The molecule has 0 aromatic carbocycles. The molecule has 1 saturated heterocycles. The number of aromatic nitrogens is 4. The van der Waals surface area contributed by atoms with E-state index in [-0.39, 0.29) is 5.91 Å². The molecule has 0 atom stereocenters. The maximum Gasteiger partial charge on any atom is 0.272 e. The van der Waals surface area contributed by atoms with E-state index in [1.807, 2.05) is 42.5 Å². The minimum absolute atomic E-state index is 0.0646. The van der Waals surface area contributed by atoms with Gasteiger partial charge in [-0.3, -0.25) is 14.4 Å². The molecular weight excluding hydrogens is 376 g/mol. The molecule has 3 aromatic rings. The lowest BCUT2D eigenvalue weighted by Crippen LogP contribution is -2.49. The molecule has 148 valence electrons. The van der Waals surface area contributed by atoms with E-state index in [0.29, 0.717) is 17.4 Å². The molecule has 0 bridgehead atoms. The van der Waals surface area contributed by atoms with Crippen LogP contribution in [-0.4, -0.2) is 68.4 Å². The summed E-state index contributed by atoms with van der Waals surface area (Å²) in [7, 11) is 1.82. The average molecular weight is 401 g/mol. The third kappa shape index (κ3) is 4.15. The van der Waals surface area contributed by atoms with Gasteiger partial charge in [-0.25, -0.2) is 0 Å². The Hall–Kier alpha value is -2.52. The molecule has 1 aliphatic rings. The summed E-state index contributed by atoms with van der Waals surface area (Å²) in [6.07, 6.45) is 1.73. The van der Waals surface area contributed by atoms with E-state index < -0.39 is 0 Å². The van der Waals surface area contributed by atoms with Crippen LogP contribution >= 0.6 is 11.3 Å². The highest BCUT2D eigenvalue weighted by molar-refractivity contribution is 7.13. The summed E-state index contributed by atoms with van der Waals surface area (Å²) in [6, 6.07) is 5.83. The molecular formula is C19H24N6O2S. The van der Waals surface area contributed by atoms with Gasteiger partial charge in [-0.15, -0.1) is 11.3 Å². The van der Waals surface area contributed by atoms with Crippen molar-refractivity contribution in [3.63, 3.8) is 0 Å². The van der Waals surface area contributed by atoms with Crippen LogP contribution in [0.2, 0.25) is 0 Å². The molecule has 4 heterocycles. The number of piperazine rings is 1. The average Bonchev–Trinajstić information content (AvgIpc) is 3.43. The first kappa shape index (κ1) is 18.8. The third-order valence-corrected chi connectivity index (χ3v) is 5.82. The predicted octanol–water partition coefficient (Wildman–Crippen LogP) is 2.23. The summed E-state index contributed by atoms with van der Waals surface area (Å²) < 4.78 is 7.02. The summed E-state index contributed by atoms with van der Waals surface area (Å²) in [6.45, 7) is 6.11. The number of hydrogen-bond acceptors (Lipinski definition) is 7. The van der Waals surface area contributed by atoms with Gasteiger partial charge in [0.1, 0.15) is 5.69 Å². The fourth-order valence-corrected chi connectivity index (χ4v) is 4.11. The van der Waals surface area contributed by atoms with Gasteiger partial charge in [0.2, 0.25) is 11.7 Å². The summed E-state index contributed by atoms with van der Waals surface area (Å²) in [5, 5.41) is 10.3. The highest BCUT2D eigenvalue weighted by atomic mass is 32.1. The van der Waals surface area contributed by atoms with Crippen molar-refractivity contribution in [1.82, 2.24) is 29.7 Å². The first-order chi connectivity index (χ1) is 13.6. The van der Waals surface area contributed by atoms with Crippen molar-refractivity contribution in [3.05, 3.63) is 40.9 Å². The maximum atomic E-state index is 12.7. The predicted molar refractivity (Wildman–Crippen MR) is 106 cm³/mol. The van der Waals surface area contributed by atoms with Gasteiger partial charge in [0, 0.05) is 39.6 Å². The standard InChI is InChI=1S/C19H24N6O2S/c1-14-13-15(23(2)21-14)19(26)25-10-8-24(9-11-25)7-3-6-17-20-18(22-27-17)16-5-4-12-28-16/h4-5,12-13H,3,6-11H2,1-2H3. The van der Waals surface area contributed by atoms with Crippen LogP contribution in [0.3, 0.4) is 0 Å². The molecule has 8 nitrogen and oxygen atoms in total. The number of aryl methyl sites for hydroxylation is 3. The van der Waals surface area contributed by atoms with Crippen molar-refractivity contribution in [1.29, 1.82) is 0 Å². The van der Waals surface area contributed by atoms with Crippen LogP contribution in [0.25, 0.3) is 10.7 Å². The Morgan fingerprint density at radius 1 is 1.29 bits per heavy atom. The van der Waals surface area contributed by atoms with Crippen molar-refractivity contribution < 1.29 is 9.32 Å². The van der Waals surface area contributed by atoms with Gasteiger partial charge in [0.05, 0.1) is 10.6 Å². The van der Waals surface area contributed by atoms with Crippen LogP contribution in [0.1, 0.15) is 28.5 Å². The minimum Gasteiger partial charge on any atom is -0.339 e. The van der Waals surface area contributed by atoms with Crippen LogP contribution in [-0.2, 0) is 13.5 Å². The smallest absolute Gasteiger partial charge is 0.272 e. The highest BCUT2D eigenvalue weighted by Crippen LogP contribution is 2.21. The van der Waals surface area contributed by atoms with Crippen LogP contribution in [0, 0.1) is 6.92 Å². The SMILES string of the molecule is Cc1cc(C(=O)N2CCN(CCCc3nc(-c4cccs4)no3)CC2)n(C)n1. The number of carbonyl (C=O) groups excluding carboxylic acids is 1. The number of carbonyl (C=O) groups is 1. The Kier molecular flexibility index (Phi) is 5.54. The lowest BCUT2D eigenvalue weighted by Gasteiger charge is -2.34. The zero-order valence-electron chi connectivity index (χ0n) is 16.2. The second-order valence-corrected chi connectivity index (χ2v) is 7.97. The van der Waals surface area contributed by atoms with E-state index in [1.165, 1.54) is 0 Å². The fourth-order valence-electron chi connectivity index (χ4n) is 3.46. The van der Waals surface area contributed by atoms with Gasteiger partial charge in [-0.2, -0.15) is 10.1 Å². The molecule has 3 aromatic heterocycles. The number of amides is 1. The minimum atomic E-state index is 0.0646. The monoisotopic (exact) mass is 400 g/mol. The van der Waals surface area contributed by atoms with Gasteiger partial charge in [0.25, 0.3) is 5.91 Å². The molecule has 9 heteroatoms. The van der Waals surface area contributed by atoms with E-state index in [0.717, 1.165) is 56.1 Å². The quantitative estimate of drug-likeness (QED) is 0.631. The third-order valence-electron chi connectivity index (χ3n) is 4.96. The normalized spacial score (nSPS) is 15.3. The van der Waals surface area contributed by atoms with Gasteiger partial charge < -0.3 is 9.42 Å². The molecule has 0 aliphatic carbocycles. The second-order valence-electron chi connectivity index (χ2n) is 7.02. The molecule has 0 radical (unpaired) electrons. The molecule has 0 saturated carbocycles. The zero-order valence-corrected chi connectivity index (χ0v) is 17.0. The van der Waals surface area contributed by atoms with Crippen molar-refractivity contribution >= 4 is 17.2 Å². The largest absolute Gasteiger partial charge is 0.339 e. The van der Waals surface area contributed by atoms with Gasteiger partial charge in [-0.05, 0) is 37.4 Å². The van der Waals surface area contributed by atoms with E-state index in [2.05, 4.69) is 20.1 Å². The summed E-state index contributed by atoms with van der Waals surface area (Å²) in [5.74, 6) is 1.42. The Bertz CT molecular complexity index is 924. The van der Waals surface area contributed by atoms with Gasteiger partial charge >= 0.3 is 0 Å². The van der Waals surface area contributed by atoms with Crippen LogP contribution in [0.4, 0.5) is 0 Å². The van der Waals surface area contributed by atoms with Crippen LogP contribution in [0.15, 0.2) is 28.1 Å². The number of nitrogens with zero attached hydrogens (tertiary/aromatic N) is 6. The first-order valence-electron chi connectivity index (χ1n) is 9.49. The van der Waals surface area contributed by atoms with Crippen molar-refractivity contribution in [2.45, 2.75) is 19.8 Å². The topological polar surface area (TPSA) is 80.3 Å². The second kappa shape index (κ2) is 8.24. The molecule has 0 spiro atoms. The summed E-state index contributed by atoms with van der Waals surface area (Å²) in [4.78, 5) is 22.5. The van der Waals surface area contributed by atoms with Gasteiger partial charge in [-0.1, -0.05) is 11.2 Å². The zero-order chi connectivity index (χ0) is 19.5. The van der Waals surface area contributed by atoms with E-state index in [4.69, 9.17) is 4.52 Å². The Balaban J connectivity index is 1.22. The summed E-state index contributed by atoms with van der Waals surface area (Å²) in [5.41, 5.74) is 1.52. The number of thiophene rings is 1. The van der Waals surface area contributed by atoms with Crippen molar-refractivity contribution in [2.24, 2.45) is 7.05 Å². The molecule has 28 heavy (non-hydrogen) atoms. The lowest BCUT2D eigenvalue weighted by molar-refractivity contribution is 0.0625. The number of hydrogen-bond donors (Lipinski definition) is 0. The number of rotatable bonds is 6. The molecule has 0 unspecified atom stereocenters. The molecule has 1 amide bonds. The van der Waals surface area contributed by atoms with Crippen LogP contribution in [0.5, 0.6) is 0 Å². The molecule has 0 N–H and O–H groups in total. The molecule has 1 fully saturated rings.